The maximum atomic E-state index is 13.5. The van der Waals surface area contributed by atoms with E-state index >= 15 is 0 Å². The first-order chi connectivity index (χ1) is 13.2. The number of pyridine rings is 1. The van der Waals surface area contributed by atoms with Gasteiger partial charge in [-0.05, 0) is 43.0 Å². The van der Waals surface area contributed by atoms with Gasteiger partial charge in [-0.2, -0.15) is 0 Å². The maximum absolute atomic E-state index is 13.5. The van der Waals surface area contributed by atoms with Gasteiger partial charge in [0.15, 0.2) is 0 Å². The number of aromatic nitrogens is 1. The van der Waals surface area contributed by atoms with Crippen LogP contribution in [-0.2, 0) is 4.79 Å². The van der Waals surface area contributed by atoms with Crippen LogP contribution >= 0.6 is 0 Å². The molecule has 1 saturated carbocycles. The van der Waals surface area contributed by atoms with Crippen LogP contribution < -0.4 is 9.64 Å². The zero-order chi connectivity index (χ0) is 18.4. The molecule has 1 saturated heterocycles. The number of anilines is 1. The summed E-state index contributed by atoms with van der Waals surface area (Å²) in [5.41, 5.74) is 1.32. The standard InChI is InChI=1S/C21H21N3O3/c25-20(15-4-3-9-22-11-15)24-13-16-10-18(24)21(26)23(12-14-7-8-14)17-5-1-2-6-19(17)27-16/h1-6,9,11,14,16,18H,7-8,10,12-13H2/t16-,18-/m0/s1. The van der Waals surface area contributed by atoms with Crippen molar-refractivity contribution in [1.29, 1.82) is 0 Å². The molecule has 0 radical (unpaired) electrons. The van der Waals surface area contributed by atoms with Crippen molar-refractivity contribution >= 4 is 17.5 Å². The maximum Gasteiger partial charge on any atom is 0.256 e. The fourth-order valence-electron chi connectivity index (χ4n) is 4.00. The smallest absolute Gasteiger partial charge is 0.256 e. The Balaban J connectivity index is 1.51. The summed E-state index contributed by atoms with van der Waals surface area (Å²) in [4.78, 5) is 34.1. The summed E-state index contributed by atoms with van der Waals surface area (Å²) >= 11 is 0. The van der Waals surface area contributed by atoms with Crippen LogP contribution in [-0.4, -0.2) is 46.9 Å². The number of ether oxygens (including phenoxy) is 1. The van der Waals surface area contributed by atoms with E-state index in [2.05, 4.69) is 4.98 Å². The van der Waals surface area contributed by atoms with Gasteiger partial charge in [0.05, 0.1) is 17.8 Å². The molecule has 5 rings (SSSR count). The zero-order valence-corrected chi connectivity index (χ0v) is 15.0. The summed E-state index contributed by atoms with van der Waals surface area (Å²) in [5, 5.41) is 0. The molecular weight excluding hydrogens is 342 g/mol. The fourth-order valence-corrected chi connectivity index (χ4v) is 4.00. The number of rotatable bonds is 3. The van der Waals surface area contributed by atoms with E-state index in [4.69, 9.17) is 4.74 Å². The fraction of sp³-hybridized carbons (Fsp3) is 0.381. The number of carbonyl (C=O) groups is 2. The van der Waals surface area contributed by atoms with Gasteiger partial charge in [0.2, 0.25) is 5.91 Å². The minimum Gasteiger partial charge on any atom is -0.486 e. The first-order valence-electron chi connectivity index (χ1n) is 9.49. The van der Waals surface area contributed by atoms with Crippen molar-refractivity contribution in [3.63, 3.8) is 0 Å². The molecule has 2 bridgehead atoms. The molecule has 6 nitrogen and oxygen atoms in total. The lowest BCUT2D eigenvalue weighted by Crippen LogP contribution is -2.48. The van der Waals surface area contributed by atoms with Crippen LogP contribution in [0.2, 0.25) is 0 Å². The van der Waals surface area contributed by atoms with Gasteiger partial charge in [0.1, 0.15) is 17.9 Å². The highest BCUT2D eigenvalue weighted by Gasteiger charge is 2.45. The van der Waals surface area contributed by atoms with Gasteiger partial charge >= 0.3 is 0 Å². The number of benzene rings is 1. The van der Waals surface area contributed by atoms with Crippen LogP contribution in [0, 0.1) is 5.92 Å². The molecular formula is C21H21N3O3. The molecule has 6 heteroatoms. The Morgan fingerprint density at radius 3 is 2.81 bits per heavy atom. The van der Waals surface area contributed by atoms with Crippen LogP contribution in [0.1, 0.15) is 29.6 Å². The van der Waals surface area contributed by atoms with Gasteiger partial charge in [0.25, 0.3) is 5.91 Å². The molecule has 0 N–H and O–H groups in total. The number of carbonyl (C=O) groups excluding carboxylic acids is 2. The second kappa shape index (κ2) is 6.37. The molecule has 2 aliphatic heterocycles. The van der Waals surface area contributed by atoms with Crippen LogP contribution in [0.25, 0.3) is 0 Å². The molecule has 2 aromatic rings. The van der Waals surface area contributed by atoms with Gasteiger partial charge < -0.3 is 14.5 Å². The van der Waals surface area contributed by atoms with Crippen molar-refractivity contribution in [2.45, 2.75) is 31.4 Å². The third-order valence-electron chi connectivity index (χ3n) is 5.57. The molecule has 1 aliphatic carbocycles. The predicted molar refractivity (Wildman–Crippen MR) is 99.6 cm³/mol. The first kappa shape index (κ1) is 16.3. The minimum atomic E-state index is -0.491. The highest BCUT2D eigenvalue weighted by molar-refractivity contribution is 6.03. The lowest BCUT2D eigenvalue weighted by molar-refractivity contribution is -0.122. The summed E-state index contributed by atoms with van der Waals surface area (Å²) in [6.45, 7) is 1.10. The van der Waals surface area contributed by atoms with Crippen molar-refractivity contribution in [1.82, 2.24) is 9.88 Å². The lowest BCUT2D eigenvalue weighted by Gasteiger charge is -2.31. The number of hydrogen-bond donors (Lipinski definition) is 0. The SMILES string of the molecule is O=C1[C@@H]2C[C@@H](CN2C(=O)c2cccnc2)Oc2ccccc2N1CC1CC1. The van der Waals surface area contributed by atoms with Crippen molar-refractivity contribution in [2.75, 3.05) is 18.0 Å². The molecule has 3 heterocycles. The molecule has 27 heavy (non-hydrogen) atoms. The van der Waals surface area contributed by atoms with Gasteiger partial charge in [0, 0.05) is 25.4 Å². The van der Waals surface area contributed by atoms with Gasteiger partial charge in [-0.15, -0.1) is 0 Å². The van der Waals surface area contributed by atoms with Crippen molar-refractivity contribution < 1.29 is 14.3 Å². The molecule has 3 aliphatic rings. The largest absolute Gasteiger partial charge is 0.486 e. The van der Waals surface area contributed by atoms with Crippen LogP contribution in [0.4, 0.5) is 5.69 Å². The summed E-state index contributed by atoms with van der Waals surface area (Å²) in [7, 11) is 0. The van der Waals surface area contributed by atoms with Crippen LogP contribution in [0.3, 0.4) is 0 Å². The molecule has 138 valence electrons. The molecule has 2 amide bonds. The molecule has 2 atom stereocenters. The van der Waals surface area contributed by atoms with E-state index in [1.165, 1.54) is 0 Å². The van der Waals surface area contributed by atoms with Crippen LogP contribution in [0.5, 0.6) is 5.75 Å². The zero-order valence-electron chi connectivity index (χ0n) is 15.0. The Morgan fingerprint density at radius 1 is 1.19 bits per heavy atom. The average molecular weight is 363 g/mol. The summed E-state index contributed by atoms with van der Waals surface area (Å²) in [6.07, 6.45) is 5.84. The summed E-state index contributed by atoms with van der Waals surface area (Å²) in [5.74, 6) is 1.11. The van der Waals surface area contributed by atoms with E-state index in [9.17, 15) is 9.59 Å². The number of amides is 2. The molecule has 2 fully saturated rings. The van der Waals surface area contributed by atoms with E-state index in [0.29, 0.717) is 31.0 Å². The summed E-state index contributed by atoms with van der Waals surface area (Å²) < 4.78 is 6.22. The van der Waals surface area contributed by atoms with E-state index in [1.807, 2.05) is 29.2 Å². The Morgan fingerprint density at radius 2 is 2.04 bits per heavy atom. The number of hydrogen-bond acceptors (Lipinski definition) is 4. The Kier molecular flexibility index (Phi) is 3.85. The van der Waals surface area contributed by atoms with Crippen molar-refractivity contribution in [3.05, 3.63) is 54.4 Å². The first-order valence-corrected chi connectivity index (χ1v) is 9.49. The Hall–Kier alpha value is -2.89. The molecule has 0 spiro atoms. The van der Waals surface area contributed by atoms with Crippen LogP contribution in [0.15, 0.2) is 48.8 Å². The monoisotopic (exact) mass is 363 g/mol. The number of fused-ring (bicyclic) bond motifs is 3. The Labute approximate surface area is 157 Å². The molecule has 1 aromatic heterocycles. The molecule has 0 unspecified atom stereocenters. The van der Waals surface area contributed by atoms with E-state index in [0.717, 1.165) is 24.3 Å². The highest BCUT2D eigenvalue weighted by Crippen LogP contribution is 2.39. The number of likely N-dealkylation sites (tertiary alicyclic amines) is 1. The summed E-state index contributed by atoms with van der Waals surface area (Å²) in [6, 6.07) is 10.7. The predicted octanol–water partition coefficient (Wildman–Crippen LogP) is 2.50. The normalized spacial score (nSPS) is 24.1. The van der Waals surface area contributed by atoms with Gasteiger partial charge in [-0.1, -0.05) is 12.1 Å². The highest BCUT2D eigenvalue weighted by atomic mass is 16.5. The number of nitrogens with zero attached hydrogens (tertiary/aromatic N) is 3. The number of para-hydroxylation sites is 2. The van der Waals surface area contributed by atoms with Gasteiger partial charge in [-0.3, -0.25) is 14.6 Å². The van der Waals surface area contributed by atoms with E-state index < -0.39 is 6.04 Å². The molecule has 1 aromatic carbocycles. The minimum absolute atomic E-state index is 0.00242. The lowest BCUT2D eigenvalue weighted by atomic mass is 10.1. The van der Waals surface area contributed by atoms with Crippen molar-refractivity contribution in [2.24, 2.45) is 5.92 Å². The topological polar surface area (TPSA) is 62.7 Å². The third-order valence-corrected chi connectivity index (χ3v) is 5.57. The second-order valence-corrected chi connectivity index (χ2v) is 7.55. The average Bonchev–Trinajstić information content (AvgIpc) is 3.42. The van der Waals surface area contributed by atoms with E-state index in [1.54, 1.807) is 29.4 Å². The Bertz CT molecular complexity index is 881. The second-order valence-electron chi connectivity index (χ2n) is 7.55. The third kappa shape index (κ3) is 2.95. The van der Waals surface area contributed by atoms with E-state index in [-0.39, 0.29) is 17.9 Å². The van der Waals surface area contributed by atoms with Crippen molar-refractivity contribution in [3.8, 4) is 5.75 Å². The quantitative estimate of drug-likeness (QED) is 0.841. The van der Waals surface area contributed by atoms with Gasteiger partial charge in [-0.25, -0.2) is 0 Å².